The molecule has 0 aromatic heterocycles. The van der Waals surface area contributed by atoms with Crippen LogP contribution in [0.15, 0.2) is 14.6 Å². The maximum absolute atomic E-state index is 11.5. The first-order chi connectivity index (χ1) is 6.10. The van der Waals surface area contributed by atoms with Crippen LogP contribution in [0.5, 0.6) is 0 Å². The summed E-state index contributed by atoms with van der Waals surface area (Å²) >= 11 is 3.38. The Bertz CT molecular complexity index is 301. The number of hydrogen-bond donors (Lipinski definition) is 0. The lowest BCUT2D eigenvalue weighted by Crippen LogP contribution is -2.06. The summed E-state index contributed by atoms with van der Waals surface area (Å²) in [6.07, 6.45) is 0. The topological polar surface area (TPSA) is 17.1 Å². The largest absolute Gasteiger partial charge is 0.287 e. The van der Waals surface area contributed by atoms with E-state index in [2.05, 4.69) is 41.5 Å². The molecule has 0 radical (unpaired) electrons. The smallest absolute Gasteiger partial charge is 0.208 e. The van der Waals surface area contributed by atoms with Gasteiger partial charge in [0.25, 0.3) is 0 Å². The molecule has 0 saturated carbocycles. The van der Waals surface area contributed by atoms with Crippen molar-refractivity contribution in [3.05, 3.63) is 10.2 Å². The third-order valence-electron chi connectivity index (χ3n) is 1.37. The zero-order valence-corrected chi connectivity index (χ0v) is 11.4. The second-order valence-electron chi connectivity index (χ2n) is 5.42. The molecule has 1 aromatic carbocycles. The van der Waals surface area contributed by atoms with Crippen LogP contribution in [0.25, 0.3) is 0 Å². The van der Waals surface area contributed by atoms with Crippen molar-refractivity contribution >= 4 is 23.5 Å². The molecule has 3 heteroatoms. The first kappa shape index (κ1) is 12.2. The predicted molar refractivity (Wildman–Crippen MR) is 66.3 cm³/mol. The summed E-state index contributed by atoms with van der Waals surface area (Å²) in [7, 11) is 0. The summed E-state index contributed by atoms with van der Waals surface area (Å²) in [6, 6.07) is 0. The van der Waals surface area contributed by atoms with Gasteiger partial charge in [-0.3, -0.25) is 4.79 Å². The molecule has 0 atom stereocenters. The third kappa shape index (κ3) is 3.70. The van der Waals surface area contributed by atoms with Crippen molar-refractivity contribution in [1.82, 2.24) is 0 Å². The Balaban J connectivity index is 2.63. The van der Waals surface area contributed by atoms with Crippen LogP contribution >= 0.6 is 23.5 Å². The van der Waals surface area contributed by atoms with Crippen molar-refractivity contribution in [3.8, 4) is 0 Å². The molecule has 0 fully saturated rings. The molecule has 0 aliphatic carbocycles. The molecule has 1 nitrogen and oxygen atoms in total. The van der Waals surface area contributed by atoms with E-state index in [1.165, 1.54) is 0 Å². The van der Waals surface area contributed by atoms with E-state index in [4.69, 9.17) is 0 Å². The van der Waals surface area contributed by atoms with Crippen molar-refractivity contribution in [2.24, 2.45) is 0 Å². The Kier molecular flexibility index (Phi) is 3.13. The first-order valence-electron chi connectivity index (χ1n) is 4.77. The minimum absolute atomic E-state index is 0.144. The maximum Gasteiger partial charge on any atom is 0.208 e. The van der Waals surface area contributed by atoms with Crippen molar-refractivity contribution in [3.63, 3.8) is 0 Å². The van der Waals surface area contributed by atoms with Crippen LogP contribution < -0.4 is 5.43 Å². The fourth-order valence-corrected chi connectivity index (χ4v) is 3.13. The van der Waals surface area contributed by atoms with Crippen molar-refractivity contribution < 1.29 is 0 Å². The average Bonchev–Trinajstić information content (AvgIpc) is 2.38. The summed E-state index contributed by atoms with van der Waals surface area (Å²) in [4.78, 5) is 13.4. The third-order valence-corrected chi connectivity index (χ3v) is 3.91. The number of thioether (sulfide) groups is 2. The van der Waals surface area contributed by atoms with Gasteiger partial charge >= 0.3 is 0 Å². The fourth-order valence-electron chi connectivity index (χ4n) is 0.937. The molecule has 0 spiro atoms. The zero-order valence-electron chi connectivity index (χ0n) is 9.72. The Morgan fingerprint density at radius 1 is 0.786 bits per heavy atom. The monoisotopic (exact) mass is 230 g/mol. The van der Waals surface area contributed by atoms with Crippen LogP contribution in [0.1, 0.15) is 41.5 Å². The van der Waals surface area contributed by atoms with Crippen LogP contribution in [0.4, 0.5) is 0 Å². The van der Waals surface area contributed by atoms with Gasteiger partial charge in [-0.25, -0.2) is 0 Å². The van der Waals surface area contributed by atoms with Gasteiger partial charge in [0.2, 0.25) is 5.43 Å². The van der Waals surface area contributed by atoms with Gasteiger partial charge in [0.05, 0.1) is 9.79 Å². The first-order valence-corrected chi connectivity index (χ1v) is 6.40. The summed E-state index contributed by atoms with van der Waals surface area (Å²) in [5.74, 6) is 0. The van der Waals surface area contributed by atoms with Crippen LogP contribution in [0.3, 0.4) is 0 Å². The van der Waals surface area contributed by atoms with Crippen molar-refractivity contribution in [2.75, 3.05) is 0 Å². The summed E-state index contributed by atoms with van der Waals surface area (Å²) in [6.45, 7) is 12.8. The fraction of sp³-hybridized carbons (Fsp3) is 0.727. The molecule has 0 N–H and O–H groups in total. The van der Waals surface area contributed by atoms with Crippen LogP contribution in [0.2, 0.25) is 0 Å². The van der Waals surface area contributed by atoms with E-state index in [1.54, 1.807) is 23.5 Å². The van der Waals surface area contributed by atoms with Gasteiger partial charge < -0.3 is 0 Å². The van der Waals surface area contributed by atoms with Crippen LogP contribution in [-0.2, 0) is 0 Å². The zero-order chi connectivity index (χ0) is 11.1. The van der Waals surface area contributed by atoms with Gasteiger partial charge in [-0.15, -0.1) is 23.5 Å². The molecule has 0 aliphatic rings. The lowest BCUT2D eigenvalue weighted by atomic mass is 10.3. The highest BCUT2D eigenvalue weighted by Crippen LogP contribution is 2.43. The molecular formula is C11H18OS2. The molecular weight excluding hydrogens is 212 g/mol. The van der Waals surface area contributed by atoms with Crippen LogP contribution in [-0.4, -0.2) is 9.49 Å². The molecule has 0 aliphatic heterocycles. The Morgan fingerprint density at radius 2 is 1.07 bits per heavy atom. The lowest BCUT2D eigenvalue weighted by Gasteiger charge is -2.16. The Labute approximate surface area is 94.7 Å². The molecule has 80 valence electrons. The van der Waals surface area contributed by atoms with E-state index >= 15 is 0 Å². The molecule has 0 unspecified atom stereocenters. The Morgan fingerprint density at radius 3 is 1.29 bits per heavy atom. The second kappa shape index (κ2) is 3.60. The van der Waals surface area contributed by atoms with Gasteiger partial charge in [-0.1, -0.05) is 41.5 Å². The standard InChI is InChI=1S/C11H18OS2/c1-10(2,3)13-8-7(12)9(8)14-11(4,5)6/h1-6H3. The average molecular weight is 230 g/mol. The van der Waals surface area contributed by atoms with Gasteiger partial charge in [0, 0.05) is 9.49 Å². The molecule has 0 heterocycles. The highest BCUT2D eigenvalue weighted by molar-refractivity contribution is 8.04. The predicted octanol–water partition coefficient (Wildman–Crippen LogP) is 3.70. The minimum atomic E-state index is 0.144. The van der Waals surface area contributed by atoms with Gasteiger partial charge in [-0.05, 0) is 0 Å². The Hall–Kier alpha value is 0.110. The maximum atomic E-state index is 11.5. The quantitative estimate of drug-likeness (QED) is 0.721. The molecule has 0 bridgehead atoms. The van der Waals surface area contributed by atoms with Gasteiger partial charge in [0.15, 0.2) is 0 Å². The summed E-state index contributed by atoms with van der Waals surface area (Å²) in [5, 5.41) is 0. The minimum Gasteiger partial charge on any atom is -0.287 e. The highest BCUT2D eigenvalue weighted by atomic mass is 32.2. The van der Waals surface area contributed by atoms with E-state index in [9.17, 15) is 4.79 Å². The van der Waals surface area contributed by atoms with E-state index in [-0.39, 0.29) is 14.9 Å². The van der Waals surface area contributed by atoms with Crippen LogP contribution in [0, 0.1) is 0 Å². The van der Waals surface area contributed by atoms with Crippen molar-refractivity contribution in [1.29, 1.82) is 0 Å². The van der Waals surface area contributed by atoms with Gasteiger partial charge in [-0.2, -0.15) is 0 Å². The SMILES string of the molecule is CC(C)(C)Sc1c(SC(C)(C)C)c1=O. The molecule has 1 rings (SSSR count). The molecule has 0 amide bonds. The van der Waals surface area contributed by atoms with E-state index in [0.29, 0.717) is 0 Å². The van der Waals surface area contributed by atoms with E-state index < -0.39 is 0 Å². The molecule has 0 saturated heterocycles. The number of rotatable bonds is 2. The highest BCUT2D eigenvalue weighted by Gasteiger charge is 2.31. The number of hydrogen-bond acceptors (Lipinski definition) is 3. The normalized spacial score (nSPS) is 13.9. The van der Waals surface area contributed by atoms with Crippen molar-refractivity contribution in [2.45, 2.75) is 60.8 Å². The van der Waals surface area contributed by atoms with Gasteiger partial charge in [0.1, 0.15) is 0 Å². The lowest BCUT2D eigenvalue weighted by molar-refractivity contribution is 0.800. The van der Waals surface area contributed by atoms with E-state index in [1.807, 2.05) is 0 Å². The summed E-state index contributed by atoms with van der Waals surface area (Å²) in [5.41, 5.74) is 0.268. The molecule has 14 heavy (non-hydrogen) atoms. The van der Waals surface area contributed by atoms with E-state index in [0.717, 1.165) is 9.79 Å². The summed E-state index contributed by atoms with van der Waals surface area (Å²) < 4.78 is 0.288. The molecule has 1 aromatic rings. The second-order valence-corrected chi connectivity index (χ2v) is 9.09.